The molecule has 0 spiro atoms. The second-order valence-electron chi connectivity index (χ2n) is 8.53. The van der Waals surface area contributed by atoms with Crippen molar-refractivity contribution in [1.29, 1.82) is 0 Å². The summed E-state index contributed by atoms with van der Waals surface area (Å²) in [4.78, 5) is 7.60. The van der Waals surface area contributed by atoms with Gasteiger partial charge in [-0.3, -0.25) is 0 Å². The number of hydrogen-bond acceptors (Lipinski definition) is 5. The van der Waals surface area contributed by atoms with Crippen LogP contribution in [0.4, 0.5) is 5.13 Å². The van der Waals surface area contributed by atoms with Crippen molar-refractivity contribution in [3.8, 4) is 11.3 Å². The minimum absolute atomic E-state index is 0.329. The zero-order chi connectivity index (χ0) is 22.2. The van der Waals surface area contributed by atoms with Crippen molar-refractivity contribution in [2.24, 2.45) is 0 Å². The molecule has 0 unspecified atom stereocenters. The average molecular weight is 455 g/mol. The van der Waals surface area contributed by atoms with Crippen molar-refractivity contribution in [3.63, 3.8) is 0 Å². The summed E-state index contributed by atoms with van der Waals surface area (Å²) in [5, 5.41) is 2.75. The van der Waals surface area contributed by atoms with Crippen molar-refractivity contribution >= 4 is 26.3 Å². The largest absolute Gasteiger partial charge is 0.348 e. The van der Waals surface area contributed by atoms with Crippen molar-refractivity contribution in [2.75, 3.05) is 18.0 Å². The molecule has 1 aliphatic rings. The van der Waals surface area contributed by atoms with Crippen LogP contribution in [0.1, 0.15) is 42.0 Å². The van der Waals surface area contributed by atoms with Crippen LogP contribution in [0.5, 0.6) is 0 Å². The topological polar surface area (TPSA) is 50.3 Å². The minimum Gasteiger partial charge on any atom is -0.348 e. The van der Waals surface area contributed by atoms with Crippen molar-refractivity contribution < 1.29 is 8.42 Å². The maximum Gasteiger partial charge on any atom is 0.185 e. The van der Waals surface area contributed by atoms with E-state index in [0.717, 1.165) is 52.6 Å². The van der Waals surface area contributed by atoms with E-state index in [1.54, 1.807) is 11.3 Å². The van der Waals surface area contributed by atoms with Gasteiger partial charge >= 0.3 is 0 Å². The third-order valence-corrected chi connectivity index (χ3v) is 9.65. The number of nitrogens with zero attached hydrogens (tertiary/aromatic N) is 2. The standard InChI is InChI=1S/C25H30N2O2S2/c1-5-20-6-8-21(9-7-20)23-16-30-25(26-23)27-12-10-22(11-13-27)31(28,29)24-18(3)14-17(2)15-19(24)4/h6-9,14-16,22H,5,10-13H2,1-4H3. The Labute approximate surface area is 189 Å². The van der Waals surface area contributed by atoms with Crippen LogP contribution < -0.4 is 4.90 Å². The maximum absolute atomic E-state index is 13.4. The smallest absolute Gasteiger partial charge is 0.185 e. The van der Waals surface area contributed by atoms with Gasteiger partial charge in [0.25, 0.3) is 0 Å². The van der Waals surface area contributed by atoms with Gasteiger partial charge in [0.2, 0.25) is 0 Å². The monoisotopic (exact) mass is 454 g/mol. The highest BCUT2D eigenvalue weighted by molar-refractivity contribution is 7.92. The lowest BCUT2D eigenvalue weighted by Gasteiger charge is -2.32. The molecule has 0 N–H and O–H groups in total. The molecular weight excluding hydrogens is 424 g/mol. The van der Waals surface area contributed by atoms with Crippen LogP contribution in [-0.4, -0.2) is 31.7 Å². The number of benzene rings is 2. The Balaban J connectivity index is 1.47. The zero-order valence-corrected chi connectivity index (χ0v) is 20.3. The molecule has 1 aromatic heterocycles. The lowest BCUT2D eigenvalue weighted by molar-refractivity contribution is 0.528. The molecule has 2 aromatic carbocycles. The molecule has 2 heterocycles. The van der Waals surface area contributed by atoms with Crippen molar-refractivity contribution in [1.82, 2.24) is 4.98 Å². The van der Waals surface area contributed by atoms with Gasteiger partial charge in [-0.15, -0.1) is 11.3 Å². The predicted octanol–water partition coefficient (Wildman–Crippen LogP) is 5.74. The molecule has 164 valence electrons. The van der Waals surface area contributed by atoms with Crippen LogP contribution in [0.2, 0.25) is 0 Å². The third-order valence-electron chi connectivity index (χ3n) is 6.19. The molecule has 1 saturated heterocycles. The normalized spacial score (nSPS) is 15.4. The number of hydrogen-bond donors (Lipinski definition) is 0. The lowest BCUT2D eigenvalue weighted by atomic mass is 10.1. The van der Waals surface area contributed by atoms with Crippen LogP contribution >= 0.6 is 11.3 Å². The summed E-state index contributed by atoms with van der Waals surface area (Å²) in [5.41, 5.74) is 6.26. The molecule has 0 amide bonds. The highest BCUT2D eigenvalue weighted by Crippen LogP contribution is 2.33. The Kier molecular flexibility index (Phi) is 6.22. The molecule has 0 radical (unpaired) electrons. The number of aromatic nitrogens is 1. The van der Waals surface area contributed by atoms with Gasteiger partial charge in [-0.2, -0.15) is 0 Å². The SMILES string of the molecule is CCc1ccc(-c2csc(N3CCC(S(=O)(=O)c4c(C)cc(C)cc4C)CC3)n2)cc1. The lowest BCUT2D eigenvalue weighted by Crippen LogP contribution is -2.39. The summed E-state index contributed by atoms with van der Waals surface area (Å²) in [7, 11) is -3.33. The van der Waals surface area contributed by atoms with Gasteiger partial charge in [0.15, 0.2) is 15.0 Å². The minimum atomic E-state index is -3.33. The van der Waals surface area contributed by atoms with E-state index in [1.165, 1.54) is 5.56 Å². The molecule has 0 atom stereocenters. The molecule has 3 aromatic rings. The van der Waals surface area contributed by atoms with Crippen molar-refractivity contribution in [3.05, 3.63) is 64.0 Å². The van der Waals surface area contributed by atoms with Gasteiger partial charge in [0.05, 0.1) is 15.8 Å². The van der Waals surface area contributed by atoms with Gasteiger partial charge in [-0.25, -0.2) is 13.4 Å². The Bertz CT molecular complexity index is 1150. The molecule has 0 bridgehead atoms. The van der Waals surface area contributed by atoms with Crippen LogP contribution in [0.3, 0.4) is 0 Å². The predicted molar refractivity (Wildman–Crippen MR) is 130 cm³/mol. The molecule has 0 aliphatic carbocycles. The van der Waals surface area contributed by atoms with E-state index >= 15 is 0 Å². The summed E-state index contributed by atoms with van der Waals surface area (Å²) >= 11 is 1.64. The number of sulfone groups is 1. The van der Waals surface area contributed by atoms with Crippen molar-refractivity contribution in [2.45, 2.75) is 57.1 Å². The quantitative estimate of drug-likeness (QED) is 0.493. The second-order valence-corrected chi connectivity index (χ2v) is 11.5. The van der Waals surface area contributed by atoms with E-state index in [1.807, 2.05) is 32.9 Å². The fourth-order valence-corrected chi connectivity index (χ4v) is 7.66. The van der Waals surface area contributed by atoms with Gasteiger partial charge < -0.3 is 4.90 Å². The average Bonchev–Trinajstić information content (AvgIpc) is 3.23. The molecule has 4 nitrogen and oxygen atoms in total. The zero-order valence-electron chi connectivity index (χ0n) is 18.7. The second kappa shape index (κ2) is 8.75. The van der Waals surface area contributed by atoms with E-state index in [9.17, 15) is 8.42 Å². The first-order valence-electron chi connectivity index (χ1n) is 10.9. The van der Waals surface area contributed by atoms with Crippen LogP contribution in [0.25, 0.3) is 11.3 Å². The Morgan fingerprint density at radius 2 is 1.65 bits per heavy atom. The van der Waals surface area contributed by atoms with Crippen LogP contribution in [-0.2, 0) is 16.3 Å². The summed E-state index contributed by atoms with van der Waals surface area (Å²) in [6.45, 7) is 9.42. The first-order valence-corrected chi connectivity index (χ1v) is 13.3. The van der Waals surface area contributed by atoms with E-state index in [-0.39, 0.29) is 5.25 Å². The van der Waals surface area contributed by atoms with E-state index in [0.29, 0.717) is 17.7 Å². The summed E-state index contributed by atoms with van der Waals surface area (Å²) in [6.07, 6.45) is 2.30. The number of rotatable bonds is 5. The number of anilines is 1. The van der Waals surface area contributed by atoms with E-state index in [2.05, 4.69) is 41.5 Å². The summed E-state index contributed by atoms with van der Waals surface area (Å²) in [5.74, 6) is 0. The van der Waals surface area contributed by atoms with E-state index < -0.39 is 9.84 Å². The third kappa shape index (κ3) is 4.41. The number of piperidine rings is 1. The molecule has 0 saturated carbocycles. The fraction of sp³-hybridized carbons (Fsp3) is 0.400. The first-order chi connectivity index (χ1) is 14.8. The fourth-order valence-electron chi connectivity index (χ4n) is 4.59. The maximum atomic E-state index is 13.4. The molecule has 31 heavy (non-hydrogen) atoms. The Morgan fingerprint density at radius 3 is 2.23 bits per heavy atom. The summed E-state index contributed by atoms with van der Waals surface area (Å²) in [6, 6.07) is 12.5. The Hall–Kier alpha value is -2.18. The first kappa shape index (κ1) is 22.0. The molecular formula is C25H30N2O2S2. The van der Waals surface area contributed by atoms with Gasteiger partial charge in [0, 0.05) is 24.0 Å². The van der Waals surface area contributed by atoms with Gasteiger partial charge in [-0.1, -0.05) is 48.9 Å². The molecule has 1 aliphatic heterocycles. The molecule has 1 fully saturated rings. The van der Waals surface area contributed by atoms with E-state index in [4.69, 9.17) is 4.98 Å². The van der Waals surface area contributed by atoms with Crippen LogP contribution in [0, 0.1) is 20.8 Å². The Morgan fingerprint density at radius 1 is 1.03 bits per heavy atom. The molecule has 6 heteroatoms. The van der Waals surface area contributed by atoms with Crippen LogP contribution in [0.15, 0.2) is 46.7 Å². The summed E-state index contributed by atoms with van der Waals surface area (Å²) < 4.78 is 26.8. The number of aryl methyl sites for hydroxylation is 4. The number of thiazole rings is 1. The highest BCUT2D eigenvalue weighted by atomic mass is 32.2. The van der Waals surface area contributed by atoms with Gasteiger partial charge in [0.1, 0.15) is 0 Å². The highest BCUT2D eigenvalue weighted by Gasteiger charge is 2.34. The van der Waals surface area contributed by atoms with Gasteiger partial charge in [-0.05, 0) is 56.7 Å². The molecule has 4 rings (SSSR count).